The van der Waals surface area contributed by atoms with Gasteiger partial charge < -0.3 is 0 Å². The average molecular weight is 179 g/mol. The molecule has 70 valence electrons. The van der Waals surface area contributed by atoms with Crippen LogP contribution in [0.1, 0.15) is 30.3 Å². The highest BCUT2D eigenvalue weighted by Gasteiger charge is 2.33. The predicted octanol–water partition coefficient (Wildman–Crippen LogP) is 1.04. The van der Waals surface area contributed by atoms with Crippen molar-refractivity contribution in [3.8, 4) is 0 Å². The van der Waals surface area contributed by atoms with E-state index in [1.54, 1.807) is 13.2 Å². The molecule has 1 aliphatic carbocycles. The molecule has 1 fully saturated rings. The standard InChI is InChI=1S/C9H13N3O/c1-6(7-3-4-7)9(13)8-5-10-12(2)11-8/h5-7H,3-4H2,1-2H3. The third kappa shape index (κ3) is 1.61. The Morgan fingerprint density at radius 2 is 2.38 bits per heavy atom. The van der Waals surface area contributed by atoms with Crippen LogP contribution >= 0.6 is 0 Å². The molecule has 13 heavy (non-hydrogen) atoms. The highest BCUT2D eigenvalue weighted by atomic mass is 16.1. The zero-order valence-corrected chi connectivity index (χ0v) is 7.90. The predicted molar refractivity (Wildman–Crippen MR) is 47.2 cm³/mol. The summed E-state index contributed by atoms with van der Waals surface area (Å²) in [4.78, 5) is 13.1. The van der Waals surface area contributed by atoms with Crippen LogP contribution < -0.4 is 0 Å². The Balaban J connectivity index is 2.11. The van der Waals surface area contributed by atoms with Crippen molar-refractivity contribution in [2.24, 2.45) is 18.9 Å². The SMILES string of the molecule is CC(C(=O)c1cnn(C)n1)C1CC1. The van der Waals surface area contributed by atoms with E-state index in [0.29, 0.717) is 11.6 Å². The fourth-order valence-electron chi connectivity index (χ4n) is 1.50. The van der Waals surface area contributed by atoms with Crippen molar-refractivity contribution in [1.29, 1.82) is 0 Å². The van der Waals surface area contributed by atoms with Gasteiger partial charge in [0.1, 0.15) is 5.69 Å². The maximum absolute atomic E-state index is 11.7. The summed E-state index contributed by atoms with van der Waals surface area (Å²) < 4.78 is 0. The van der Waals surface area contributed by atoms with Gasteiger partial charge >= 0.3 is 0 Å². The first-order valence-corrected chi connectivity index (χ1v) is 4.59. The van der Waals surface area contributed by atoms with Crippen LogP contribution in [-0.2, 0) is 7.05 Å². The van der Waals surface area contributed by atoms with Gasteiger partial charge in [-0.2, -0.15) is 15.0 Å². The Kier molecular flexibility index (Phi) is 1.90. The Morgan fingerprint density at radius 3 is 2.85 bits per heavy atom. The van der Waals surface area contributed by atoms with E-state index in [0.717, 1.165) is 0 Å². The summed E-state index contributed by atoms with van der Waals surface area (Å²) >= 11 is 0. The third-order valence-electron chi connectivity index (χ3n) is 2.59. The van der Waals surface area contributed by atoms with Crippen molar-refractivity contribution in [2.75, 3.05) is 0 Å². The van der Waals surface area contributed by atoms with Crippen molar-refractivity contribution in [1.82, 2.24) is 15.0 Å². The third-order valence-corrected chi connectivity index (χ3v) is 2.59. The number of aryl methyl sites for hydroxylation is 1. The first-order chi connectivity index (χ1) is 6.18. The van der Waals surface area contributed by atoms with Crippen molar-refractivity contribution >= 4 is 5.78 Å². The molecule has 4 heteroatoms. The van der Waals surface area contributed by atoms with Gasteiger partial charge in [-0.25, -0.2) is 0 Å². The summed E-state index contributed by atoms with van der Waals surface area (Å²) in [6.07, 6.45) is 3.92. The lowest BCUT2D eigenvalue weighted by Crippen LogP contribution is -2.14. The Morgan fingerprint density at radius 1 is 1.69 bits per heavy atom. The van der Waals surface area contributed by atoms with E-state index in [1.807, 2.05) is 6.92 Å². The van der Waals surface area contributed by atoms with Crippen LogP contribution in [0.2, 0.25) is 0 Å². The topological polar surface area (TPSA) is 47.8 Å². The largest absolute Gasteiger partial charge is 0.292 e. The molecule has 0 N–H and O–H groups in total. The number of nitrogens with zero attached hydrogens (tertiary/aromatic N) is 3. The average Bonchev–Trinajstić information content (AvgIpc) is 2.87. The molecular weight excluding hydrogens is 166 g/mol. The molecule has 1 unspecified atom stereocenters. The Labute approximate surface area is 76.9 Å². The number of hydrogen-bond acceptors (Lipinski definition) is 3. The number of rotatable bonds is 3. The summed E-state index contributed by atoms with van der Waals surface area (Å²) in [5.41, 5.74) is 0.502. The molecule has 0 spiro atoms. The minimum absolute atomic E-state index is 0.122. The summed E-state index contributed by atoms with van der Waals surface area (Å²) in [7, 11) is 1.72. The number of carbonyl (C=O) groups is 1. The molecule has 4 nitrogen and oxygen atoms in total. The van der Waals surface area contributed by atoms with Gasteiger partial charge in [0, 0.05) is 13.0 Å². The maximum Gasteiger partial charge on any atom is 0.187 e. The fourth-order valence-corrected chi connectivity index (χ4v) is 1.50. The number of carbonyl (C=O) groups excluding carboxylic acids is 1. The van der Waals surface area contributed by atoms with Gasteiger partial charge in [0.2, 0.25) is 0 Å². The van der Waals surface area contributed by atoms with Gasteiger partial charge in [0.25, 0.3) is 0 Å². The van der Waals surface area contributed by atoms with Crippen molar-refractivity contribution in [3.63, 3.8) is 0 Å². The fraction of sp³-hybridized carbons (Fsp3) is 0.667. The quantitative estimate of drug-likeness (QED) is 0.651. The van der Waals surface area contributed by atoms with Gasteiger partial charge in [-0.3, -0.25) is 4.79 Å². The second kappa shape index (κ2) is 2.94. The Bertz CT molecular complexity index is 327. The van der Waals surface area contributed by atoms with Crippen LogP contribution in [0.4, 0.5) is 0 Å². The van der Waals surface area contributed by atoms with E-state index >= 15 is 0 Å². The molecule has 0 aliphatic heterocycles. The van der Waals surface area contributed by atoms with Crippen LogP contribution in [0.3, 0.4) is 0 Å². The van der Waals surface area contributed by atoms with Crippen LogP contribution in [0, 0.1) is 11.8 Å². The Hall–Kier alpha value is -1.19. The minimum atomic E-state index is 0.122. The number of Topliss-reactive ketones (excluding diaryl/α,β-unsaturated/α-hetero) is 1. The highest BCUT2D eigenvalue weighted by molar-refractivity contribution is 5.95. The lowest BCUT2D eigenvalue weighted by molar-refractivity contribution is 0.0910. The van der Waals surface area contributed by atoms with Gasteiger partial charge in [-0.1, -0.05) is 6.92 Å². The molecule has 1 aromatic heterocycles. The van der Waals surface area contributed by atoms with Gasteiger partial charge in [-0.05, 0) is 18.8 Å². The molecule has 1 saturated carbocycles. The van der Waals surface area contributed by atoms with Crippen molar-refractivity contribution in [3.05, 3.63) is 11.9 Å². The van der Waals surface area contributed by atoms with Crippen LogP contribution in [0.15, 0.2) is 6.20 Å². The lowest BCUT2D eigenvalue weighted by atomic mass is 9.99. The van der Waals surface area contributed by atoms with Gasteiger partial charge in [0.15, 0.2) is 5.78 Å². The molecule has 0 radical (unpaired) electrons. The summed E-state index contributed by atoms with van der Waals surface area (Å²) in [5, 5.41) is 7.88. The van der Waals surface area contributed by atoms with Crippen molar-refractivity contribution < 1.29 is 4.79 Å². The lowest BCUT2D eigenvalue weighted by Gasteiger charge is -2.04. The molecule has 1 aromatic rings. The normalized spacial score (nSPS) is 18.6. The highest BCUT2D eigenvalue weighted by Crippen LogP contribution is 2.37. The molecule has 1 heterocycles. The van der Waals surface area contributed by atoms with Gasteiger partial charge in [-0.15, -0.1) is 0 Å². The number of aromatic nitrogens is 3. The monoisotopic (exact) mass is 179 g/mol. The number of ketones is 1. The van der Waals surface area contributed by atoms with E-state index in [9.17, 15) is 4.79 Å². The molecule has 1 aliphatic rings. The van der Waals surface area contributed by atoms with E-state index in [4.69, 9.17) is 0 Å². The molecule has 2 rings (SSSR count). The molecule has 0 amide bonds. The minimum Gasteiger partial charge on any atom is -0.292 e. The van der Waals surface area contributed by atoms with E-state index in [-0.39, 0.29) is 11.7 Å². The smallest absolute Gasteiger partial charge is 0.187 e. The van der Waals surface area contributed by atoms with Crippen LogP contribution in [-0.4, -0.2) is 20.8 Å². The maximum atomic E-state index is 11.7. The second-order valence-electron chi connectivity index (χ2n) is 3.71. The molecule has 1 atom stereocenters. The summed E-state index contributed by atoms with van der Waals surface area (Å²) in [6, 6.07) is 0. The molecular formula is C9H13N3O. The van der Waals surface area contributed by atoms with Gasteiger partial charge in [0.05, 0.1) is 6.20 Å². The van der Waals surface area contributed by atoms with E-state index < -0.39 is 0 Å². The summed E-state index contributed by atoms with van der Waals surface area (Å²) in [5.74, 6) is 0.849. The van der Waals surface area contributed by atoms with E-state index in [1.165, 1.54) is 17.6 Å². The first-order valence-electron chi connectivity index (χ1n) is 4.59. The molecule has 0 bridgehead atoms. The number of hydrogen-bond donors (Lipinski definition) is 0. The zero-order chi connectivity index (χ0) is 9.42. The first kappa shape index (κ1) is 8.41. The summed E-state index contributed by atoms with van der Waals surface area (Å²) in [6.45, 7) is 1.98. The molecule has 0 aromatic carbocycles. The van der Waals surface area contributed by atoms with E-state index in [2.05, 4.69) is 10.2 Å². The van der Waals surface area contributed by atoms with Crippen LogP contribution in [0.25, 0.3) is 0 Å². The second-order valence-corrected chi connectivity index (χ2v) is 3.71. The molecule has 0 saturated heterocycles. The van der Waals surface area contributed by atoms with Crippen molar-refractivity contribution in [2.45, 2.75) is 19.8 Å². The zero-order valence-electron chi connectivity index (χ0n) is 7.90. The van der Waals surface area contributed by atoms with Crippen LogP contribution in [0.5, 0.6) is 0 Å².